The molecule has 1 aliphatic rings. The maximum Gasteiger partial charge on any atom is 0.0693 e. The molecule has 18 heavy (non-hydrogen) atoms. The van der Waals surface area contributed by atoms with Crippen LogP contribution in [-0.4, -0.2) is 42.3 Å². The molecule has 0 radical (unpaired) electrons. The molecule has 0 aromatic rings. The minimum absolute atomic E-state index is 0.0409. The second-order valence-corrected chi connectivity index (χ2v) is 5.66. The van der Waals surface area contributed by atoms with E-state index in [2.05, 4.69) is 16.7 Å². The topological polar surface area (TPSA) is 29.3 Å². The molecule has 1 fully saturated rings. The van der Waals surface area contributed by atoms with Crippen molar-refractivity contribution in [2.45, 2.75) is 38.1 Å². The number of nitrogens with zero attached hydrogens (tertiary/aromatic N) is 1. The molecule has 0 saturated heterocycles. The van der Waals surface area contributed by atoms with Crippen LogP contribution in [0.1, 0.15) is 32.1 Å². The predicted molar refractivity (Wildman–Crippen MR) is 80.2 cm³/mol. The van der Waals surface area contributed by atoms with Gasteiger partial charge in [0.25, 0.3) is 0 Å². The van der Waals surface area contributed by atoms with Crippen molar-refractivity contribution in [1.29, 1.82) is 0 Å². The molecule has 1 saturated carbocycles. The van der Waals surface area contributed by atoms with Crippen LogP contribution in [0.5, 0.6) is 0 Å². The highest BCUT2D eigenvalue weighted by atomic mass is 35.5. The van der Waals surface area contributed by atoms with Gasteiger partial charge < -0.3 is 5.73 Å². The summed E-state index contributed by atoms with van der Waals surface area (Å²) in [7, 11) is 0. The number of rotatable bonds is 6. The van der Waals surface area contributed by atoms with E-state index in [0.29, 0.717) is 17.7 Å². The molecule has 2 nitrogen and oxygen atoms in total. The third kappa shape index (κ3) is 6.29. The molecule has 0 amide bonds. The molecule has 0 spiro atoms. The molecule has 0 aromatic heterocycles. The summed E-state index contributed by atoms with van der Waals surface area (Å²) in [6, 6.07) is 0.0409. The fraction of sp³-hybridized carbons (Fsp3) is 0.857. The van der Waals surface area contributed by atoms with Gasteiger partial charge in [0.15, 0.2) is 0 Å². The Morgan fingerprint density at radius 1 is 1.11 bits per heavy atom. The minimum atomic E-state index is 0.0409. The van der Waals surface area contributed by atoms with Crippen molar-refractivity contribution in [2.75, 3.05) is 31.4 Å². The van der Waals surface area contributed by atoms with Crippen molar-refractivity contribution in [3.05, 3.63) is 0 Å². The summed E-state index contributed by atoms with van der Waals surface area (Å²) < 4.78 is 0. The van der Waals surface area contributed by atoms with Crippen LogP contribution >= 0.6 is 23.2 Å². The van der Waals surface area contributed by atoms with E-state index in [1.807, 2.05) is 0 Å². The lowest BCUT2D eigenvalue weighted by Crippen LogP contribution is -2.31. The van der Waals surface area contributed by atoms with Gasteiger partial charge in [-0.05, 0) is 18.8 Å². The fourth-order valence-electron chi connectivity index (χ4n) is 2.40. The van der Waals surface area contributed by atoms with Crippen molar-refractivity contribution in [3.8, 4) is 11.8 Å². The van der Waals surface area contributed by atoms with Gasteiger partial charge in [0.05, 0.1) is 12.6 Å². The first-order valence-electron chi connectivity index (χ1n) is 6.86. The molecule has 0 heterocycles. The molecule has 104 valence electrons. The van der Waals surface area contributed by atoms with E-state index in [9.17, 15) is 0 Å². The average molecular weight is 291 g/mol. The first-order valence-corrected chi connectivity index (χ1v) is 7.93. The number of hydrogen-bond acceptors (Lipinski definition) is 2. The molecule has 0 bridgehead atoms. The molecule has 1 atom stereocenters. The molecule has 4 heteroatoms. The van der Waals surface area contributed by atoms with E-state index in [1.165, 1.54) is 32.1 Å². The van der Waals surface area contributed by atoms with Gasteiger partial charge in [-0.2, -0.15) is 0 Å². The molecule has 1 rings (SSSR count). The summed E-state index contributed by atoms with van der Waals surface area (Å²) in [6.45, 7) is 2.39. The van der Waals surface area contributed by atoms with Gasteiger partial charge in [0.1, 0.15) is 0 Å². The van der Waals surface area contributed by atoms with E-state index in [-0.39, 0.29) is 6.04 Å². The maximum atomic E-state index is 6.14. The van der Waals surface area contributed by atoms with Crippen molar-refractivity contribution in [1.82, 2.24) is 4.90 Å². The molecule has 1 aliphatic carbocycles. The van der Waals surface area contributed by atoms with Crippen LogP contribution in [0.15, 0.2) is 0 Å². The monoisotopic (exact) mass is 290 g/mol. The second kappa shape index (κ2) is 9.92. The van der Waals surface area contributed by atoms with Gasteiger partial charge in [-0.15, -0.1) is 23.2 Å². The third-order valence-corrected chi connectivity index (χ3v) is 3.87. The Labute approximate surface area is 121 Å². The standard InChI is InChI=1S/C14H24Cl2N2/c15-8-11-18(12-9-16)10-4-7-14(17)13-5-2-1-3-6-13/h13-14H,1-3,5-6,8-12,17H2/t14-/m1/s1. The summed E-state index contributed by atoms with van der Waals surface area (Å²) >= 11 is 11.5. The largest absolute Gasteiger partial charge is 0.317 e. The van der Waals surface area contributed by atoms with Crippen molar-refractivity contribution >= 4 is 23.2 Å². The quantitative estimate of drug-likeness (QED) is 0.602. The normalized spacial score (nSPS) is 18.4. The number of halogens is 2. The molecule has 2 N–H and O–H groups in total. The smallest absolute Gasteiger partial charge is 0.0693 e. The summed E-state index contributed by atoms with van der Waals surface area (Å²) in [4.78, 5) is 2.17. The van der Waals surface area contributed by atoms with E-state index < -0.39 is 0 Å². The zero-order valence-corrected chi connectivity index (χ0v) is 12.5. The molecule has 0 aromatic carbocycles. The van der Waals surface area contributed by atoms with Crippen LogP contribution in [0.4, 0.5) is 0 Å². The van der Waals surface area contributed by atoms with Gasteiger partial charge in [-0.25, -0.2) is 0 Å². The predicted octanol–water partition coefficient (Wildman–Crippen LogP) is 2.68. The minimum Gasteiger partial charge on any atom is -0.317 e. The SMILES string of the molecule is N[C@H](C#CCN(CCCl)CCCl)C1CCCCC1. The second-order valence-electron chi connectivity index (χ2n) is 4.90. The zero-order chi connectivity index (χ0) is 13.2. The lowest BCUT2D eigenvalue weighted by molar-refractivity contribution is 0.335. The first-order chi connectivity index (χ1) is 8.77. The lowest BCUT2D eigenvalue weighted by atomic mass is 9.84. The molecule has 0 aliphatic heterocycles. The van der Waals surface area contributed by atoms with Crippen LogP contribution in [0, 0.1) is 17.8 Å². The Kier molecular flexibility index (Phi) is 8.88. The van der Waals surface area contributed by atoms with Crippen molar-refractivity contribution in [2.24, 2.45) is 11.7 Å². The Bertz CT molecular complexity index is 261. The van der Waals surface area contributed by atoms with Gasteiger partial charge in [0.2, 0.25) is 0 Å². The van der Waals surface area contributed by atoms with Crippen LogP contribution < -0.4 is 5.73 Å². The van der Waals surface area contributed by atoms with E-state index in [0.717, 1.165) is 19.6 Å². The van der Waals surface area contributed by atoms with Crippen LogP contribution in [0.25, 0.3) is 0 Å². The van der Waals surface area contributed by atoms with Crippen molar-refractivity contribution < 1.29 is 0 Å². The number of alkyl halides is 2. The van der Waals surface area contributed by atoms with Gasteiger partial charge in [-0.1, -0.05) is 31.1 Å². The van der Waals surface area contributed by atoms with Crippen LogP contribution in [0.2, 0.25) is 0 Å². The highest BCUT2D eigenvalue weighted by Crippen LogP contribution is 2.25. The molecular weight excluding hydrogens is 267 g/mol. The Morgan fingerprint density at radius 2 is 1.72 bits per heavy atom. The number of nitrogens with two attached hydrogens (primary N) is 1. The van der Waals surface area contributed by atoms with Crippen LogP contribution in [-0.2, 0) is 0 Å². The Hall–Kier alpha value is 0.0600. The highest BCUT2D eigenvalue weighted by molar-refractivity contribution is 6.18. The van der Waals surface area contributed by atoms with E-state index in [1.54, 1.807) is 0 Å². The Morgan fingerprint density at radius 3 is 2.28 bits per heavy atom. The summed E-state index contributed by atoms with van der Waals surface area (Å²) in [5, 5.41) is 0. The van der Waals surface area contributed by atoms with Crippen molar-refractivity contribution in [3.63, 3.8) is 0 Å². The van der Waals surface area contributed by atoms with Gasteiger partial charge in [-0.3, -0.25) is 4.90 Å². The molecular formula is C14H24Cl2N2. The first kappa shape index (κ1) is 16.1. The van der Waals surface area contributed by atoms with Gasteiger partial charge >= 0.3 is 0 Å². The Balaban J connectivity index is 2.33. The van der Waals surface area contributed by atoms with E-state index in [4.69, 9.17) is 28.9 Å². The van der Waals surface area contributed by atoms with Gasteiger partial charge in [0, 0.05) is 24.8 Å². The summed E-state index contributed by atoms with van der Waals surface area (Å²) in [5.41, 5.74) is 6.14. The number of hydrogen-bond donors (Lipinski definition) is 1. The van der Waals surface area contributed by atoms with Crippen LogP contribution in [0.3, 0.4) is 0 Å². The maximum absolute atomic E-state index is 6.14. The zero-order valence-electron chi connectivity index (χ0n) is 11.0. The fourth-order valence-corrected chi connectivity index (χ4v) is 2.87. The molecule has 0 unspecified atom stereocenters. The summed E-state index contributed by atoms with van der Waals surface area (Å²) in [6.07, 6.45) is 6.46. The third-order valence-electron chi connectivity index (χ3n) is 3.53. The highest BCUT2D eigenvalue weighted by Gasteiger charge is 2.18. The summed E-state index contributed by atoms with van der Waals surface area (Å²) in [5.74, 6) is 8.22. The average Bonchev–Trinajstić information content (AvgIpc) is 2.40. The lowest BCUT2D eigenvalue weighted by Gasteiger charge is -2.24. The van der Waals surface area contributed by atoms with E-state index >= 15 is 0 Å².